The molecule has 11 heteroatoms. The van der Waals surface area contributed by atoms with Crippen molar-refractivity contribution in [2.24, 2.45) is 0 Å². The summed E-state index contributed by atoms with van der Waals surface area (Å²) in [6.45, 7) is 3.64. The monoisotopic (exact) mass is 448 g/mol. The molecule has 0 atom stereocenters. The third-order valence-electron chi connectivity index (χ3n) is 4.65. The van der Waals surface area contributed by atoms with Crippen LogP contribution in [-0.2, 0) is 4.74 Å². The van der Waals surface area contributed by atoms with E-state index in [9.17, 15) is 14.4 Å². The number of anilines is 1. The molecule has 0 unspecified atom stereocenters. The highest BCUT2D eigenvalue weighted by Gasteiger charge is 2.27. The van der Waals surface area contributed by atoms with Gasteiger partial charge < -0.3 is 24.0 Å². The molecular weight excluding hydrogens is 424 g/mol. The van der Waals surface area contributed by atoms with Crippen LogP contribution in [0.4, 0.5) is 9.93 Å². The molecule has 0 spiro atoms. The molecule has 10 nitrogen and oxygen atoms in total. The van der Waals surface area contributed by atoms with Crippen LogP contribution in [0.25, 0.3) is 0 Å². The summed E-state index contributed by atoms with van der Waals surface area (Å²) >= 11 is 1.16. The lowest BCUT2D eigenvalue weighted by Crippen LogP contribution is -2.50. The Morgan fingerprint density at radius 1 is 1.03 bits per heavy atom. The molecule has 3 amide bonds. The van der Waals surface area contributed by atoms with E-state index in [1.54, 1.807) is 40.3 Å². The number of amides is 3. The average molecular weight is 449 g/mol. The van der Waals surface area contributed by atoms with Gasteiger partial charge in [0.05, 0.1) is 20.8 Å². The number of piperazine rings is 1. The van der Waals surface area contributed by atoms with E-state index in [0.717, 1.165) is 11.3 Å². The minimum Gasteiger partial charge on any atom is -0.497 e. The first kappa shape index (κ1) is 22.3. The second-order valence-corrected chi connectivity index (χ2v) is 7.43. The summed E-state index contributed by atoms with van der Waals surface area (Å²) in [6, 6.07) is 4.83. The Morgan fingerprint density at radius 3 is 2.23 bits per heavy atom. The lowest BCUT2D eigenvalue weighted by atomic mass is 10.2. The molecule has 3 rings (SSSR count). The first-order chi connectivity index (χ1) is 14.9. The van der Waals surface area contributed by atoms with Crippen molar-refractivity contribution in [3.05, 3.63) is 34.8 Å². The quantitative estimate of drug-likeness (QED) is 0.722. The average Bonchev–Trinajstić information content (AvgIpc) is 3.26. The van der Waals surface area contributed by atoms with E-state index in [1.807, 2.05) is 0 Å². The van der Waals surface area contributed by atoms with E-state index >= 15 is 0 Å². The number of carbonyl (C=O) groups is 3. The minimum absolute atomic E-state index is 0.244. The largest absolute Gasteiger partial charge is 0.497 e. The number of methoxy groups -OCH3 is 2. The fourth-order valence-electron chi connectivity index (χ4n) is 3.01. The van der Waals surface area contributed by atoms with Crippen molar-refractivity contribution in [1.29, 1.82) is 0 Å². The second kappa shape index (κ2) is 10.1. The molecule has 0 saturated carbocycles. The van der Waals surface area contributed by atoms with Crippen LogP contribution >= 0.6 is 11.3 Å². The zero-order chi connectivity index (χ0) is 22.4. The number of thiazole rings is 1. The lowest BCUT2D eigenvalue weighted by Gasteiger charge is -2.33. The van der Waals surface area contributed by atoms with Crippen LogP contribution < -0.4 is 14.8 Å². The smallest absolute Gasteiger partial charge is 0.409 e. The molecule has 31 heavy (non-hydrogen) atoms. The van der Waals surface area contributed by atoms with Crippen molar-refractivity contribution in [2.75, 3.05) is 52.3 Å². The predicted octanol–water partition coefficient (Wildman–Crippen LogP) is 2.33. The minimum atomic E-state index is -0.395. The van der Waals surface area contributed by atoms with E-state index in [1.165, 1.54) is 14.2 Å². The summed E-state index contributed by atoms with van der Waals surface area (Å²) in [6.07, 6.45) is -0.373. The van der Waals surface area contributed by atoms with Crippen molar-refractivity contribution < 1.29 is 28.6 Å². The highest BCUT2D eigenvalue weighted by Crippen LogP contribution is 2.24. The zero-order valence-electron chi connectivity index (χ0n) is 17.5. The maximum atomic E-state index is 12.7. The van der Waals surface area contributed by atoms with Gasteiger partial charge in [-0.15, -0.1) is 11.3 Å². The molecule has 1 aromatic carbocycles. The summed E-state index contributed by atoms with van der Waals surface area (Å²) in [5, 5.41) is 4.60. The molecule has 2 heterocycles. The third kappa shape index (κ3) is 5.43. The Bertz CT molecular complexity index is 933. The summed E-state index contributed by atoms with van der Waals surface area (Å²) in [5.41, 5.74) is 0.586. The van der Waals surface area contributed by atoms with Crippen molar-refractivity contribution in [3.63, 3.8) is 0 Å². The van der Waals surface area contributed by atoms with E-state index in [4.69, 9.17) is 14.2 Å². The van der Waals surface area contributed by atoms with Crippen molar-refractivity contribution in [2.45, 2.75) is 6.92 Å². The number of hydrogen-bond acceptors (Lipinski definition) is 8. The molecule has 1 saturated heterocycles. The molecule has 1 aliphatic heterocycles. The maximum absolute atomic E-state index is 12.7. The number of rotatable bonds is 6. The highest BCUT2D eigenvalue weighted by atomic mass is 32.1. The van der Waals surface area contributed by atoms with Crippen LogP contribution in [0.15, 0.2) is 23.6 Å². The molecule has 1 aromatic heterocycles. The Balaban J connectivity index is 1.61. The SMILES string of the molecule is CCOC(=O)N1CCN(C(=O)c2csc(NC(=O)c3cc(OC)cc(OC)c3)n2)CC1. The van der Waals surface area contributed by atoms with Crippen molar-refractivity contribution in [1.82, 2.24) is 14.8 Å². The number of nitrogens with zero attached hydrogens (tertiary/aromatic N) is 3. The van der Waals surface area contributed by atoms with Gasteiger partial charge in [0.25, 0.3) is 11.8 Å². The van der Waals surface area contributed by atoms with Crippen LogP contribution in [-0.4, -0.2) is 79.7 Å². The standard InChI is InChI=1S/C20H24N4O6S/c1-4-30-20(27)24-7-5-23(6-8-24)18(26)16-12-31-19(21-16)22-17(25)13-9-14(28-2)11-15(10-13)29-3/h9-12H,4-8H2,1-3H3,(H,21,22,25). The number of nitrogens with one attached hydrogen (secondary N) is 1. The molecule has 1 fully saturated rings. The van der Waals surface area contributed by atoms with Gasteiger partial charge in [0.15, 0.2) is 5.13 Å². The molecule has 2 aromatic rings. The number of carbonyl (C=O) groups excluding carboxylic acids is 3. The first-order valence-corrected chi connectivity index (χ1v) is 10.5. The summed E-state index contributed by atoms with van der Waals surface area (Å²) in [4.78, 5) is 44.5. The first-order valence-electron chi connectivity index (χ1n) is 9.66. The van der Waals surface area contributed by atoms with E-state index < -0.39 is 5.91 Å². The van der Waals surface area contributed by atoms with E-state index in [-0.39, 0.29) is 17.7 Å². The Kier molecular flexibility index (Phi) is 7.29. The maximum Gasteiger partial charge on any atom is 0.409 e. The van der Waals surface area contributed by atoms with Crippen LogP contribution in [0.3, 0.4) is 0 Å². The van der Waals surface area contributed by atoms with Gasteiger partial charge in [-0.1, -0.05) is 0 Å². The summed E-state index contributed by atoms with van der Waals surface area (Å²) in [7, 11) is 3.00. The van der Waals surface area contributed by atoms with Gasteiger partial charge in [-0.25, -0.2) is 9.78 Å². The molecular formula is C20H24N4O6S. The lowest BCUT2D eigenvalue weighted by molar-refractivity contribution is 0.0566. The van der Waals surface area contributed by atoms with Crippen LogP contribution in [0, 0.1) is 0 Å². The van der Waals surface area contributed by atoms with Gasteiger partial charge in [-0.2, -0.15) is 0 Å². The van der Waals surface area contributed by atoms with Crippen LogP contribution in [0.5, 0.6) is 11.5 Å². The molecule has 0 aliphatic carbocycles. The number of aromatic nitrogens is 1. The van der Waals surface area contributed by atoms with Gasteiger partial charge in [-0.05, 0) is 19.1 Å². The topological polar surface area (TPSA) is 110 Å². The predicted molar refractivity (Wildman–Crippen MR) is 114 cm³/mol. The van der Waals surface area contributed by atoms with Crippen LogP contribution in [0.1, 0.15) is 27.8 Å². The molecule has 0 bridgehead atoms. The second-order valence-electron chi connectivity index (χ2n) is 6.57. The zero-order valence-corrected chi connectivity index (χ0v) is 18.4. The number of ether oxygens (including phenoxy) is 3. The molecule has 1 N–H and O–H groups in total. The van der Waals surface area contributed by atoms with E-state index in [2.05, 4.69) is 10.3 Å². The molecule has 0 radical (unpaired) electrons. The summed E-state index contributed by atoms with van der Waals surface area (Å²) in [5.74, 6) is 0.333. The van der Waals surface area contributed by atoms with Gasteiger partial charge in [0.1, 0.15) is 17.2 Å². The van der Waals surface area contributed by atoms with Gasteiger partial charge >= 0.3 is 6.09 Å². The van der Waals surface area contributed by atoms with Gasteiger partial charge in [0.2, 0.25) is 0 Å². The fraction of sp³-hybridized carbons (Fsp3) is 0.400. The summed E-state index contributed by atoms with van der Waals surface area (Å²) < 4.78 is 15.3. The van der Waals surface area contributed by atoms with Gasteiger partial charge in [-0.3, -0.25) is 14.9 Å². The molecule has 1 aliphatic rings. The van der Waals surface area contributed by atoms with Crippen molar-refractivity contribution >= 4 is 34.4 Å². The third-order valence-corrected chi connectivity index (χ3v) is 5.41. The van der Waals surface area contributed by atoms with E-state index in [0.29, 0.717) is 55.0 Å². The molecule has 166 valence electrons. The highest BCUT2D eigenvalue weighted by molar-refractivity contribution is 7.14. The van der Waals surface area contributed by atoms with Crippen LogP contribution in [0.2, 0.25) is 0 Å². The van der Waals surface area contributed by atoms with Crippen molar-refractivity contribution in [3.8, 4) is 11.5 Å². The Hall–Kier alpha value is -3.34. The number of hydrogen-bond donors (Lipinski definition) is 1. The Morgan fingerprint density at radius 2 is 1.65 bits per heavy atom. The number of benzene rings is 1. The Labute approximate surface area is 183 Å². The van der Waals surface area contributed by atoms with Gasteiger partial charge in [0, 0.05) is 43.2 Å². The fourth-order valence-corrected chi connectivity index (χ4v) is 3.69. The normalized spacial score (nSPS) is 13.5.